The summed E-state index contributed by atoms with van der Waals surface area (Å²) in [6.07, 6.45) is 1.32. The Kier molecular flexibility index (Phi) is 4.13. The lowest BCUT2D eigenvalue weighted by atomic mass is 10.1. The van der Waals surface area contributed by atoms with Gasteiger partial charge in [-0.2, -0.15) is 0 Å². The quantitative estimate of drug-likeness (QED) is 0.795. The fourth-order valence-electron chi connectivity index (χ4n) is 2.70. The van der Waals surface area contributed by atoms with Gasteiger partial charge in [0.25, 0.3) is 5.91 Å². The number of oxazole rings is 1. The van der Waals surface area contributed by atoms with Crippen LogP contribution in [-0.2, 0) is 6.54 Å². The van der Waals surface area contributed by atoms with Crippen LogP contribution in [-0.4, -0.2) is 32.8 Å². The monoisotopic (exact) mass is 326 g/mol. The molecule has 0 atom stereocenters. The van der Waals surface area contributed by atoms with E-state index in [1.807, 2.05) is 13.8 Å². The molecule has 2 aromatic heterocycles. The van der Waals surface area contributed by atoms with Gasteiger partial charge in [0.2, 0.25) is 0 Å². The van der Waals surface area contributed by atoms with E-state index in [1.54, 1.807) is 11.9 Å². The van der Waals surface area contributed by atoms with Crippen LogP contribution in [0.15, 0.2) is 22.9 Å². The standard InChI is InChI=1S/C18H22N4O2/c1-10(2)17-16(19-9-24-17)18(23)22(5)8-15-20-13-6-11(3)12(4)7-14(13)21-15/h6-7,9-10H,8H2,1-5H3,(H,20,21). The van der Waals surface area contributed by atoms with Crippen LogP contribution >= 0.6 is 0 Å². The molecule has 0 radical (unpaired) electrons. The zero-order chi connectivity index (χ0) is 17.4. The predicted molar refractivity (Wildman–Crippen MR) is 92.0 cm³/mol. The first kappa shape index (κ1) is 16.2. The minimum atomic E-state index is -0.166. The highest BCUT2D eigenvalue weighted by Gasteiger charge is 2.23. The highest BCUT2D eigenvalue weighted by molar-refractivity contribution is 5.93. The Labute approximate surface area is 140 Å². The molecule has 1 N–H and O–H groups in total. The van der Waals surface area contributed by atoms with Gasteiger partial charge in [0.15, 0.2) is 12.1 Å². The van der Waals surface area contributed by atoms with Crippen molar-refractivity contribution in [3.8, 4) is 0 Å². The summed E-state index contributed by atoms with van der Waals surface area (Å²) in [6.45, 7) is 8.47. The number of rotatable bonds is 4. The highest BCUT2D eigenvalue weighted by atomic mass is 16.3. The summed E-state index contributed by atoms with van der Waals surface area (Å²) in [5.74, 6) is 1.31. The number of benzene rings is 1. The van der Waals surface area contributed by atoms with Gasteiger partial charge in [-0.25, -0.2) is 9.97 Å². The van der Waals surface area contributed by atoms with Gasteiger partial charge in [-0.05, 0) is 37.1 Å². The van der Waals surface area contributed by atoms with Crippen LogP contribution in [0.2, 0.25) is 0 Å². The molecular weight excluding hydrogens is 304 g/mol. The van der Waals surface area contributed by atoms with E-state index in [1.165, 1.54) is 17.5 Å². The summed E-state index contributed by atoms with van der Waals surface area (Å²) in [7, 11) is 1.74. The Hall–Kier alpha value is -2.63. The summed E-state index contributed by atoms with van der Waals surface area (Å²) < 4.78 is 5.34. The van der Waals surface area contributed by atoms with Crippen molar-refractivity contribution in [1.29, 1.82) is 0 Å². The van der Waals surface area contributed by atoms with E-state index >= 15 is 0 Å². The van der Waals surface area contributed by atoms with Crippen molar-refractivity contribution >= 4 is 16.9 Å². The number of carbonyl (C=O) groups excluding carboxylic acids is 1. The fourth-order valence-corrected chi connectivity index (χ4v) is 2.70. The first-order chi connectivity index (χ1) is 11.4. The molecule has 0 fully saturated rings. The Morgan fingerprint density at radius 3 is 2.71 bits per heavy atom. The third-order valence-electron chi connectivity index (χ3n) is 4.20. The highest BCUT2D eigenvalue weighted by Crippen LogP contribution is 2.21. The van der Waals surface area contributed by atoms with Crippen LogP contribution in [0.25, 0.3) is 11.0 Å². The number of H-pyrrole nitrogens is 1. The smallest absolute Gasteiger partial charge is 0.276 e. The molecule has 6 heteroatoms. The largest absolute Gasteiger partial charge is 0.447 e. The summed E-state index contributed by atoms with van der Waals surface area (Å²) in [4.78, 5) is 26.2. The molecule has 0 unspecified atom stereocenters. The Balaban J connectivity index is 1.82. The first-order valence-corrected chi connectivity index (χ1v) is 8.01. The minimum Gasteiger partial charge on any atom is -0.447 e. The predicted octanol–water partition coefficient (Wildman–Crippen LogP) is 3.56. The fraction of sp³-hybridized carbons (Fsp3) is 0.389. The number of carbonyl (C=O) groups is 1. The number of nitrogens with one attached hydrogen (secondary N) is 1. The summed E-state index contributed by atoms with van der Waals surface area (Å²) in [6, 6.07) is 4.14. The van der Waals surface area contributed by atoms with Gasteiger partial charge in [0.05, 0.1) is 17.6 Å². The lowest BCUT2D eigenvalue weighted by Crippen LogP contribution is -2.28. The van der Waals surface area contributed by atoms with Crippen LogP contribution in [0.4, 0.5) is 0 Å². The van der Waals surface area contributed by atoms with Gasteiger partial charge in [-0.15, -0.1) is 0 Å². The molecular formula is C18H22N4O2. The molecule has 3 aromatic rings. The second-order valence-corrected chi connectivity index (χ2v) is 6.52. The molecule has 24 heavy (non-hydrogen) atoms. The van der Waals surface area contributed by atoms with Crippen molar-refractivity contribution in [1.82, 2.24) is 19.9 Å². The molecule has 0 saturated carbocycles. The van der Waals surface area contributed by atoms with E-state index in [0.29, 0.717) is 18.0 Å². The molecule has 1 amide bonds. The van der Waals surface area contributed by atoms with Crippen LogP contribution in [0.5, 0.6) is 0 Å². The van der Waals surface area contributed by atoms with Crippen molar-refractivity contribution in [2.24, 2.45) is 0 Å². The number of hydrogen-bond donors (Lipinski definition) is 1. The number of nitrogens with zero attached hydrogens (tertiary/aromatic N) is 3. The molecule has 0 saturated heterocycles. The zero-order valence-corrected chi connectivity index (χ0v) is 14.7. The van der Waals surface area contributed by atoms with Gasteiger partial charge in [-0.1, -0.05) is 13.8 Å². The van der Waals surface area contributed by atoms with Crippen molar-refractivity contribution in [3.05, 3.63) is 46.9 Å². The Bertz CT molecular complexity index is 853. The van der Waals surface area contributed by atoms with Gasteiger partial charge < -0.3 is 14.3 Å². The maximum atomic E-state index is 12.6. The molecule has 0 bridgehead atoms. The second-order valence-electron chi connectivity index (χ2n) is 6.52. The Morgan fingerprint density at radius 2 is 2.00 bits per heavy atom. The molecule has 2 heterocycles. The average Bonchev–Trinajstić information content (AvgIpc) is 3.13. The van der Waals surface area contributed by atoms with Crippen molar-refractivity contribution in [2.75, 3.05) is 7.05 Å². The normalized spacial score (nSPS) is 11.4. The van der Waals surface area contributed by atoms with Gasteiger partial charge in [0.1, 0.15) is 11.6 Å². The topological polar surface area (TPSA) is 75.0 Å². The molecule has 6 nitrogen and oxygen atoms in total. The number of hydrogen-bond acceptors (Lipinski definition) is 4. The lowest BCUT2D eigenvalue weighted by molar-refractivity contribution is 0.0774. The third kappa shape index (κ3) is 2.91. The average molecular weight is 326 g/mol. The number of amides is 1. The number of aryl methyl sites for hydroxylation is 2. The first-order valence-electron chi connectivity index (χ1n) is 8.01. The summed E-state index contributed by atoms with van der Waals surface area (Å²) in [5.41, 5.74) is 4.69. The van der Waals surface area contributed by atoms with Crippen molar-refractivity contribution < 1.29 is 9.21 Å². The maximum Gasteiger partial charge on any atom is 0.276 e. The van der Waals surface area contributed by atoms with Crippen LogP contribution < -0.4 is 0 Å². The van der Waals surface area contributed by atoms with Crippen LogP contribution in [0.1, 0.15) is 53.0 Å². The molecule has 1 aromatic carbocycles. The van der Waals surface area contributed by atoms with E-state index in [4.69, 9.17) is 4.42 Å². The second kappa shape index (κ2) is 6.11. The minimum absolute atomic E-state index is 0.108. The zero-order valence-electron chi connectivity index (χ0n) is 14.7. The van der Waals surface area contributed by atoms with Crippen LogP contribution in [0, 0.1) is 13.8 Å². The van der Waals surface area contributed by atoms with E-state index in [9.17, 15) is 4.79 Å². The van der Waals surface area contributed by atoms with Gasteiger partial charge >= 0.3 is 0 Å². The van der Waals surface area contributed by atoms with Gasteiger partial charge in [0, 0.05) is 13.0 Å². The number of imidazole rings is 1. The van der Waals surface area contributed by atoms with E-state index < -0.39 is 0 Å². The summed E-state index contributed by atoms with van der Waals surface area (Å²) in [5, 5.41) is 0. The molecule has 3 rings (SSSR count). The lowest BCUT2D eigenvalue weighted by Gasteiger charge is -2.15. The molecule has 126 valence electrons. The van der Waals surface area contributed by atoms with E-state index in [2.05, 4.69) is 40.9 Å². The molecule has 0 aliphatic rings. The van der Waals surface area contributed by atoms with Crippen LogP contribution in [0.3, 0.4) is 0 Å². The number of fused-ring (bicyclic) bond motifs is 1. The Morgan fingerprint density at radius 1 is 1.29 bits per heavy atom. The number of aromatic nitrogens is 3. The number of aromatic amines is 1. The molecule has 0 aliphatic carbocycles. The van der Waals surface area contributed by atoms with E-state index in [-0.39, 0.29) is 11.8 Å². The van der Waals surface area contributed by atoms with E-state index in [0.717, 1.165) is 16.9 Å². The van der Waals surface area contributed by atoms with Gasteiger partial charge in [-0.3, -0.25) is 4.79 Å². The van der Waals surface area contributed by atoms with Crippen molar-refractivity contribution in [3.63, 3.8) is 0 Å². The maximum absolute atomic E-state index is 12.6. The van der Waals surface area contributed by atoms with Crippen molar-refractivity contribution in [2.45, 2.75) is 40.2 Å². The SMILES string of the molecule is Cc1cc2nc(CN(C)C(=O)c3ncoc3C(C)C)[nH]c2cc1C. The molecule has 0 spiro atoms. The molecule has 0 aliphatic heterocycles. The third-order valence-corrected chi connectivity index (χ3v) is 4.20. The summed E-state index contributed by atoms with van der Waals surface area (Å²) >= 11 is 0.